The second-order valence-electron chi connectivity index (χ2n) is 13.8. The number of piperazine rings is 1. The first-order valence-electron chi connectivity index (χ1n) is 16.6. The van der Waals surface area contributed by atoms with Crippen molar-refractivity contribution in [2.75, 3.05) is 44.2 Å². The van der Waals surface area contributed by atoms with Crippen LogP contribution >= 0.6 is 11.6 Å². The van der Waals surface area contributed by atoms with E-state index in [1.54, 1.807) is 49.9 Å². The van der Waals surface area contributed by atoms with Gasteiger partial charge in [-0.1, -0.05) is 35.9 Å². The molecule has 2 aliphatic rings. The Balaban J connectivity index is 1.43. The van der Waals surface area contributed by atoms with Crippen LogP contribution in [0.3, 0.4) is 0 Å². The number of nitrogens with zero attached hydrogens (tertiary/aromatic N) is 7. The van der Waals surface area contributed by atoms with E-state index in [0.29, 0.717) is 46.7 Å². The van der Waals surface area contributed by atoms with E-state index >= 15 is 4.39 Å². The van der Waals surface area contributed by atoms with Crippen molar-refractivity contribution < 1.29 is 23.0 Å². The van der Waals surface area contributed by atoms with Gasteiger partial charge < -0.3 is 19.2 Å². The summed E-state index contributed by atoms with van der Waals surface area (Å²) >= 11 is 6.41. The predicted octanol–water partition coefficient (Wildman–Crippen LogP) is 7.37. The molecule has 2 atom stereocenters. The van der Waals surface area contributed by atoms with E-state index in [1.165, 1.54) is 12.3 Å². The van der Waals surface area contributed by atoms with Crippen molar-refractivity contribution in [3.8, 4) is 17.3 Å². The van der Waals surface area contributed by atoms with Gasteiger partial charge in [0.15, 0.2) is 5.82 Å². The van der Waals surface area contributed by atoms with Crippen LogP contribution in [-0.4, -0.2) is 93.9 Å². The SMILES string of the molecule is [C-]#[N+]C[C@H]1CN(c2nc(OC[C@@H]3CCCN3C(C)C)nc3c(F)c(-c4cccc5ccc(F)c(Cl)c45)ncc23)CCN1C(=O)OC(C)(C)C. The Morgan fingerprint density at radius 1 is 1.12 bits per heavy atom. The third kappa shape index (κ3) is 7.05. The third-order valence-electron chi connectivity index (χ3n) is 9.04. The lowest BCUT2D eigenvalue weighted by Gasteiger charge is -2.40. The smallest absolute Gasteiger partial charge is 0.410 e. The molecule has 1 amide bonds. The fourth-order valence-corrected chi connectivity index (χ4v) is 7.05. The van der Waals surface area contributed by atoms with Crippen molar-refractivity contribution in [2.24, 2.45) is 0 Å². The minimum absolute atomic E-state index is 0.00690. The van der Waals surface area contributed by atoms with Gasteiger partial charge in [0.1, 0.15) is 41.1 Å². The average Bonchev–Trinajstić information content (AvgIpc) is 3.54. The lowest BCUT2D eigenvalue weighted by molar-refractivity contribution is 0.0155. The molecule has 258 valence electrons. The zero-order valence-electron chi connectivity index (χ0n) is 28.3. The zero-order chi connectivity index (χ0) is 35.0. The van der Waals surface area contributed by atoms with Crippen molar-refractivity contribution in [1.82, 2.24) is 24.8 Å². The van der Waals surface area contributed by atoms with Gasteiger partial charge in [0.25, 0.3) is 0 Å². The quantitative estimate of drug-likeness (QED) is 0.186. The first kappa shape index (κ1) is 34.5. The van der Waals surface area contributed by atoms with E-state index in [-0.39, 0.29) is 47.9 Å². The summed E-state index contributed by atoms with van der Waals surface area (Å²) in [6.07, 6.45) is 3.02. The Morgan fingerprint density at radius 2 is 1.92 bits per heavy atom. The predicted molar refractivity (Wildman–Crippen MR) is 186 cm³/mol. The van der Waals surface area contributed by atoms with Crippen LogP contribution in [0.25, 0.3) is 37.8 Å². The number of anilines is 1. The summed E-state index contributed by atoms with van der Waals surface area (Å²) in [4.78, 5) is 36.4. The van der Waals surface area contributed by atoms with Gasteiger partial charge in [-0.05, 0) is 65.5 Å². The minimum atomic E-state index is -0.728. The van der Waals surface area contributed by atoms with Crippen molar-refractivity contribution in [3.63, 3.8) is 0 Å². The molecule has 4 aromatic rings. The van der Waals surface area contributed by atoms with E-state index in [1.807, 2.05) is 4.90 Å². The first-order valence-corrected chi connectivity index (χ1v) is 16.9. The van der Waals surface area contributed by atoms with E-state index in [9.17, 15) is 9.18 Å². The minimum Gasteiger partial charge on any atom is -0.462 e. The molecule has 13 heteroatoms. The lowest BCUT2D eigenvalue weighted by atomic mass is 10.0. The summed E-state index contributed by atoms with van der Waals surface area (Å²) in [5.41, 5.74) is -0.426. The highest BCUT2D eigenvalue weighted by Gasteiger charge is 2.37. The monoisotopic (exact) mass is 691 g/mol. The van der Waals surface area contributed by atoms with E-state index in [0.717, 1.165) is 19.4 Å². The van der Waals surface area contributed by atoms with Crippen LogP contribution in [0.4, 0.5) is 19.4 Å². The normalized spacial score (nSPS) is 18.8. The van der Waals surface area contributed by atoms with Gasteiger partial charge in [-0.2, -0.15) is 9.97 Å². The van der Waals surface area contributed by atoms with Gasteiger partial charge >= 0.3 is 12.1 Å². The number of hydrogen-bond acceptors (Lipinski definition) is 8. The van der Waals surface area contributed by atoms with Crippen LogP contribution in [0.5, 0.6) is 6.01 Å². The standard InChI is InChI=1S/C36H40ClF2N7O3/c1-21(2)45-14-8-10-23(45)20-48-34-42-32-26(18-41-31(30(32)39)25-11-7-9-22-12-13-27(38)29(37)28(22)25)33(43-34)44-15-16-46(24(19-44)17-40-6)35(47)49-36(3,4)5/h7,9,11-13,18,21,23-24H,8,10,14-17,19-20H2,1-5H3/t23-,24-/m0/s1. The van der Waals surface area contributed by atoms with Gasteiger partial charge in [-0.15, -0.1) is 0 Å². The fourth-order valence-electron chi connectivity index (χ4n) is 6.78. The molecule has 2 aromatic heterocycles. The number of aromatic nitrogens is 3. The number of pyridine rings is 1. The molecule has 0 saturated carbocycles. The molecule has 0 aliphatic carbocycles. The molecule has 0 spiro atoms. The van der Waals surface area contributed by atoms with Crippen molar-refractivity contribution in [3.05, 3.63) is 64.6 Å². The Bertz CT molecular complexity index is 1930. The number of carbonyl (C=O) groups is 1. The zero-order valence-corrected chi connectivity index (χ0v) is 29.1. The maximum absolute atomic E-state index is 16.8. The third-order valence-corrected chi connectivity index (χ3v) is 9.41. The summed E-state index contributed by atoms with van der Waals surface area (Å²) in [5, 5.41) is 1.19. The van der Waals surface area contributed by atoms with Gasteiger partial charge in [0.05, 0.1) is 10.4 Å². The molecule has 0 N–H and O–H groups in total. The number of ether oxygens (including phenoxy) is 2. The Labute approximate surface area is 289 Å². The van der Waals surface area contributed by atoms with Gasteiger partial charge in [-0.3, -0.25) is 14.8 Å². The number of likely N-dealkylation sites (tertiary alicyclic amines) is 1. The molecule has 2 fully saturated rings. The van der Waals surface area contributed by atoms with E-state index in [2.05, 4.69) is 33.6 Å². The number of rotatable bonds is 7. The summed E-state index contributed by atoms with van der Waals surface area (Å²) in [7, 11) is 0. The first-order chi connectivity index (χ1) is 23.4. The van der Waals surface area contributed by atoms with Crippen LogP contribution in [-0.2, 0) is 4.74 Å². The van der Waals surface area contributed by atoms with Gasteiger partial charge in [0, 0.05) is 48.9 Å². The van der Waals surface area contributed by atoms with Gasteiger partial charge in [0.2, 0.25) is 6.54 Å². The molecule has 49 heavy (non-hydrogen) atoms. The van der Waals surface area contributed by atoms with Crippen molar-refractivity contribution in [1.29, 1.82) is 0 Å². The fraction of sp³-hybridized carbons (Fsp3) is 0.472. The maximum atomic E-state index is 16.8. The van der Waals surface area contributed by atoms with Gasteiger partial charge in [-0.25, -0.2) is 20.1 Å². The Kier molecular flexibility index (Phi) is 9.78. The summed E-state index contributed by atoms with van der Waals surface area (Å²) in [5.74, 6) is -0.968. The highest BCUT2D eigenvalue weighted by molar-refractivity contribution is 6.36. The average molecular weight is 692 g/mol. The highest BCUT2D eigenvalue weighted by Crippen LogP contribution is 2.38. The molecule has 0 unspecified atom stereocenters. The molecule has 6 rings (SSSR count). The second kappa shape index (κ2) is 13.9. The van der Waals surface area contributed by atoms with Crippen LogP contribution in [0.2, 0.25) is 5.02 Å². The molecule has 2 aromatic carbocycles. The molecule has 2 aliphatic heterocycles. The number of hydrogen-bond donors (Lipinski definition) is 0. The van der Waals surface area contributed by atoms with Crippen LogP contribution in [0.1, 0.15) is 47.5 Å². The van der Waals surface area contributed by atoms with Crippen molar-refractivity contribution >= 4 is 45.2 Å². The van der Waals surface area contributed by atoms with E-state index < -0.39 is 29.4 Å². The van der Waals surface area contributed by atoms with Crippen LogP contribution in [0, 0.1) is 18.2 Å². The summed E-state index contributed by atoms with van der Waals surface area (Å²) in [6.45, 7) is 19.4. The summed E-state index contributed by atoms with van der Waals surface area (Å²) < 4.78 is 43.2. The Morgan fingerprint density at radius 3 is 2.65 bits per heavy atom. The van der Waals surface area contributed by atoms with Crippen molar-refractivity contribution in [2.45, 2.75) is 71.2 Å². The molecular formula is C36H40ClF2N7O3. The van der Waals surface area contributed by atoms with Crippen LogP contribution < -0.4 is 9.64 Å². The molecule has 4 heterocycles. The second-order valence-corrected chi connectivity index (χ2v) is 14.2. The molecular weight excluding hydrogens is 652 g/mol. The highest BCUT2D eigenvalue weighted by atomic mass is 35.5. The number of halogens is 3. The number of benzene rings is 2. The number of amides is 1. The Hall–Kier alpha value is -4.34. The number of carbonyl (C=O) groups excluding carboxylic acids is 1. The molecule has 0 bridgehead atoms. The summed E-state index contributed by atoms with van der Waals surface area (Å²) in [6, 6.07) is 8.03. The van der Waals surface area contributed by atoms with E-state index in [4.69, 9.17) is 32.6 Å². The number of fused-ring (bicyclic) bond motifs is 2. The maximum Gasteiger partial charge on any atom is 0.410 e. The lowest BCUT2D eigenvalue weighted by Crippen LogP contribution is -2.57. The molecule has 10 nitrogen and oxygen atoms in total. The molecule has 2 saturated heterocycles. The molecule has 0 radical (unpaired) electrons. The topological polar surface area (TPSA) is 88.3 Å². The van der Waals surface area contributed by atoms with Crippen LogP contribution in [0.15, 0.2) is 36.5 Å². The largest absolute Gasteiger partial charge is 0.462 e.